The Morgan fingerprint density at radius 3 is 2.44 bits per heavy atom. The van der Waals surface area contributed by atoms with Gasteiger partial charge in [0.05, 0.1) is 12.4 Å². The van der Waals surface area contributed by atoms with Crippen molar-refractivity contribution >= 4 is 27.6 Å². The zero-order chi connectivity index (χ0) is 14.2. The minimum Gasteiger partial charge on any atom is -0.465 e. The third kappa shape index (κ3) is 9.73. The zero-order valence-electron chi connectivity index (χ0n) is 11.4. The second-order valence-electron chi connectivity index (χ2n) is 4.33. The van der Waals surface area contributed by atoms with Crippen LogP contribution in [0.5, 0.6) is 0 Å². The van der Waals surface area contributed by atoms with Crippen LogP contribution < -0.4 is 5.32 Å². The summed E-state index contributed by atoms with van der Waals surface area (Å²) in [6.45, 7) is 6.02. The lowest BCUT2D eigenvalue weighted by atomic mass is 10.3. The van der Waals surface area contributed by atoms with Crippen molar-refractivity contribution in [3.63, 3.8) is 0 Å². The van der Waals surface area contributed by atoms with Gasteiger partial charge < -0.3 is 10.1 Å². The van der Waals surface area contributed by atoms with Crippen LogP contribution in [0.25, 0.3) is 0 Å². The average molecular weight is 297 g/mol. The van der Waals surface area contributed by atoms with Crippen molar-refractivity contribution in [2.45, 2.75) is 32.9 Å². The number of ether oxygens (including phenoxy) is 1. The number of thioether (sulfide) groups is 1. The van der Waals surface area contributed by atoms with Crippen LogP contribution >= 0.6 is 11.8 Å². The minimum absolute atomic E-state index is 0.134. The maximum Gasteiger partial charge on any atom is 0.323 e. The Hall–Kier alpha value is -0.270. The molecule has 108 valence electrons. The zero-order valence-corrected chi connectivity index (χ0v) is 13.1. The highest BCUT2D eigenvalue weighted by molar-refractivity contribution is 8.00. The van der Waals surface area contributed by atoms with Gasteiger partial charge in [0.25, 0.3) is 0 Å². The fourth-order valence-corrected chi connectivity index (χ4v) is 3.56. The van der Waals surface area contributed by atoms with Crippen molar-refractivity contribution in [3.8, 4) is 0 Å². The number of rotatable bonds is 9. The number of hydrogen-bond acceptors (Lipinski definition) is 6. The van der Waals surface area contributed by atoms with Gasteiger partial charge in [0.15, 0.2) is 0 Å². The molecule has 18 heavy (non-hydrogen) atoms. The lowest BCUT2D eigenvalue weighted by Crippen LogP contribution is -2.43. The van der Waals surface area contributed by atoms with E-state index in [1.807, 2.05) is 13.8 Å². The summed E-state index contributed by atoms with van der Waals surface area (Å²) in [5.41, 5.74) is 0. The van der Waals surface area contributed by atoms with Crippen molar-refractivity contribution in [3.05, 3.63) is 0 Å². The number of carbonyl (C=O) groups is 1. The predicted octanol–water partition coefficient (Wildman–Crippen LogP) is 0.694. The normalized spacial score (nSPS) is 13.6. The molecule has 0 spiro atoms. The predicted molar refractivity (Wildman–Crippen MR) is 75.7 cm³/mol. The Bertz CT molecular complexity index is 341. The fourth-order valence-electron chi connectivity index (χ4n) is 1.24. The highest BCUT2D eigenvalue weighted by Crippen LogP contribution is 2.06. The molecule has 0 heterocycles. The summed E-state index contributed by atoms with van der Waals surface area (Å²) < 4.78 is 26.9. The number of nitrogens with one attached hydrogen (secondary N) is 1. The summed E-state index contributed by atoms with van der Waals surface area (Å²) in [5.74, 6) is 0.869. The first-order valence-corrected chi connectivity index (χ1v) is 9.16. The smallest absolute Gasteiger partial charge is 0.323 e. The van der Waals surface area contributed by atoms with Crippen LogP contribution in [0.15, 0.2) is 0 Å². The molecule has 0 aliphatic rings. The maximum atomic E-state index is 11.7. The monoisotopic (exact) mass is 297 g/mol. The molecule has 0 amide bonds. The number of sulfone groups is 1. The van der Waals surface area contributed by atoms with Gasteiger partial charge in [-0.2, -0.15) is 11.8 Å². The van der Waals surface area contributed by atoms with Crippen molar-refractivity contribution in [1.82, 2.24) is 5.32 Å². The molecule has 0 rings (SSSR count). The van der Waals surface area contributed by atoms with Crippen molar-refractivity contribution < 1.29 is 17.9 Å². The van der Waals surface area contributed by atoms with Crippen LogP contribution in [0.4, 0.5) is 0 Å². The Morgan fingerprint density at radius 1 is 1.39 bits per heavy atom. The van der Waals surface area contributed by atoms with E-state index in [2.05, 4.69) is 5.32 Å². The highest BCUT2D eigenvalue weighted by Gasteiger charge is 2.20. The van der Waals surface area contributed by atoms with E-state index in [4.69, 9.17) is 4.74 Å². The second-order valence-corrected chi connectivity index (χ2v) is 7.74. The lowest BCUT2D eigenvalue weighted by molar-refractivity contribution is -0.145. The Balaban J connectivity index is 4.12. The topological polar surface area (TPSA) is 72.5 Å². The summed E-state index contributed by atoms with van der Waals surface area (Å²) in [6.07, 6.45) is 1.21. The molecule has 5 nitrogen and oxygen atoms in total. The van der Waals surface area contributed by atoms with E-state index < -0.39 is 9.84 Å². The minimum atomic E-state index is -2.93. The summed E-state index contributed by atoms with van der Waals surface area (Å²) >= 11 is 1.44. The van der Waals surface area contributed by atoms with Gasteiger partial charge in [-0.3, -0.25) is 4.79 Å². The van der Waals surface area contributed by atoms with Gasteiger partial charge in [-0.1, -0.05) is 13.8 Å². The summed E-state index contributed by atoms with van der Waals surface area (Å²) in [4.78, 5) is 11.7. The summed E-state index contributed by atoms with van der Waals surface area (Å²) in [5, 5.41) is 3.12. The van der Waals surface area contributed by atoms with E-state index in [9.17, 15) is 13.2 Å². The van der Waals surface area contributed by atoms with E-state index in [1.165, 1.54) is 18.0 Å². The molecule has 0 radical (unpaired) electrons. The molecule has 0 saturated heterocycles. The largest absolute Gasteiger partial charge is 0.465 e. The molecule has 0 aliphatic heterocycles. The van der Waals surface area contributed by atoms with Crippen LogP contribution in [0, 0.1) is 0 Å². The summed E-state index contributed by atoms with van der Waals surface area (Å²) in [7, 11) is -2.93. The van der Waals surface area contributed by atoms with Gasteiger partial charge in [-0.05, 0) is 6.92 Å². The molecule has 0 aliphatic carbocycles. The number of esters is 1. The van der Waals surface area contributed by atoms with Crippen LogP contribution in [-0.4, -0.2) is 56.6 Å². The quantitative estimate of drug-likeness (QED) is 0.499. The SMILES string of the molecule is CCOC(=O)C(CSCCS(C)(=O)=O)NC(C)C. The standard InChI is InChI=1S/C11H23NO4S2/c1-5-16-11(13)10(12-9(2)3)8-17-6-7-18(4,14)15/h9-10,12H,5-8H2,1-4H3. The molecule has 1 N–H and O–H groups in total. The van der Waals surface area contributed by atoms with E-state index in [1.54, 1.807) is 6.92 Å². The van der Waals surface area contributed by atoms with Crippen LogP contribution in [-0.2, 0) is 19.4 Å². The van der Waals surface area contributed by atoms with Gasteiger partial charge in [0.2, 0.25) is 0 Å². The highest BCUT2D eigenvalue weighted by atomic mass is 32.2. The lowest BCUT2D eigenvalue weighted by Gasteiger charge is -2.19. The molecule has 0 bridgehead atoms. The fraction of sp³-hybridized carbons (Fsp3) is 0.909. The third-order valence-corrected chi connectivity index (χ3v) is 4.25. The van der Waals surface area contributed by atoms with Gasteiger partial charge in [-0.25, -0.2) is 8.42 Å². The molecule has 0 aromatic rings. The van der Waals surface area contributed by atoms with Gasteiger partial charge in [0, 0.05) is 23.8 Å². The molecule has 1 atom stereocenters. The van der Waals surface area contributed by atoms with Gasteiger partial charge in [0.1, 0.15) is 15.9 Å². The van der Waals surface area contributed by atoms with Crippen molar-refractivity contribution in [1.29, 1.82) is 0 Å². The molecule has 0 saturated carbocycles. The molecule has 1 unspecified atom stereocenters. The molecule has 0 aromatic carbocycles. The van der Waals surface area contributed by atoms with Crippen molar-refractivity contribution in [2.75, 3.05) is 30.1 Å². The third-order valence-electron chi connectivity index (χ3n) is 1.99. The van der Waals surface area contributed by atoms with Crippen LogP contribution in [0.2, 0.25) is 0 Å². The maximum absolute atomic E-state index is 11.7. The number of carbonyl (C=O) groups excluding carboxylic acids is 1. The second kappa shape index (κ2) is 8.77. The Kier molecular flexibility index (Phi) is 8.64. The first-order valence-electron chi connectivity index (χ1n) is 5.94. The molecule has 7 heteroatoms. The van der Waals surface area contributed by atoms with Gasteiger partial charge in [-0.15, -0.1) is 0 Å². The molecule has 0 fully saturated rings. The number of hydrogen-bond donors (Lipinski definition) is 1. The van der Waals surface area contributed by atoms with Crippen molar-refractivity contribution in [2.24, 2.45) is 0 Å². The van der Waals surface area contributed by atoms with Crippen LogP contribution in [0.3, 0.4) is 0 Å². The van der Waals surface area contributed by atoms with E-state index in [-0.39, 0.29) is 23.8 Å². The molecular formula is C11H23NO4S2. The van der Waals surface area contributed by atoms with E-state index in [0.717, 1.165) is 0 Å². The average Bonchev–Trinajstić information content (AvgIpc) is 2.21. The van der Waals surface area contributed by atoms with E-state index >= 15 is 0 Å². The summed E-state index contributed by atoms with van der Waals surface area (Å²) in [6, 6.07) is -0.204. The molecule has 0 aromatic heterocycles. The first-order chi connectivity index (χ1) is 8.26. The van der Waals surface area contributed by atoms with Gasteiger partial charge >= 0.3 is 5.97 Å². The first kappa shape index (κ1) is 17.7. The van der Waals surface area contributed by atoms with Crippen LogP contribution in [0.1, 0.15) is 20.8 Å². The van der Waals surface area contributed by atoms with E-state index in [0.29, 0.717) is 18.1 Å². The molecular weight excluding hydrogens is 274 g/mol. The Labute approximate surface area is 114 Å². The Morgan fingerprint density at radius 2 is 2.00 bits per heavy atom.